The van der Waals surface area contributed by atoms with Crippen molar-refractivity contribution in [2.24, 2.45) is 10.8 Å². The third kappa shape index (κ3) is 9.50. The van der Waals surface area contributed by atoms with E-state index in [9.17, 15) is 30.6 Å². The lowest BCUT2D eigenvalue weighted by atomic mass is 9.57. The third-order valence-corrected chi connectivity index (χ3v) is 9.90. The van der Waals surface area contributed by atoms with Crippen LogP contribution < -0.4 is 0 Å². The summed E-state index contributed by atoms with van der Waals surface area (Å²) in [7, 11) is 0. The number of aliphatic hydroxyl groups is 6. The summed E-state index contributed by atoms with van der Waals surface area (Å²) in [6.07, 6.45) is 26.5. The van der Waals surface area contributed by atoms with Crippen LogP contribution in [0.3, 0.4) is 0 Å². The maximum atomic E-state index is 11.4. The summed E-state index contributed by atoms with van der Waals surface area (Å²) in [5, 5.41) is 65.0. The van der Waals surface area contributed by atoms with Gasteiger partial charge < -0.3 is 30.6 Å². The normalized spacial score (nSPS) is 36.7. The monoisotopic (exact) mass is 636 g/mol. The van der Waals surface area contributed by atoms with Crippen molar-refractivity contribution in [1.29, 1.82) is 0 Å². The highest BCUT2D eigenvalue weighted by molar-refractivity contribution is 5.34. The van der Waals surface area contributed by atoms with E-state index in [4.69, 9.17) is 0 Å². The number of hydrogen-bond acceptors (Lipinski definition) is 6. The molecule has 0 aliphatic heterocycles. The number of rotatable bonds is 10. The van der Waals surface area contributed by atoms with Gasteiger partial charge in [-0.05, 0) is 66.5 Å². The van der Waals surface area contributed by atoms with Gasteiger partial charge in [-0.15, -0.1) is 0 Å². The molecule has 2 aliphatic rings. The van der Waals surface area contributed by atoms with E-state index in [0.29, 0.717) is 12.8 Å². The molecule has 6 unspecified atom stereocenters. The minimum atomic E-state index is -1.46. The second kappa shape index (κ2) is 15.1. The van der Waals surface area contributed by atoms with Crippen molar-refractivity contribution in [3.63, 3.8) is 0 Å². The lowest BCUT2D eigenvalue weighted by Gasteiger charge is -2.54. The predicted molar refractivity (Wildman–Crippen MR) is 190 cm³/mol. The van der Waals surface area contributed by atoms with Crippen LogP contribution in [0.1, 0.15) is 94.9 Å². The summed E-state index contributed by atoms with van der Waals surface area (Å²) in [5.74, 6) is 0. The Morgan fingerprint density at radius 3 is 1.04 bits per heavy atom. The molecule has 0 radical (unpaired) electrons. The molecule has 2 saturated carbocycles. The lowest BCUT2D eigenvalue weighted by Crippen LogP contribution is -2.65. The Kier molecular flexibility index (Phi) is 13.0. The van der Waals surface area contributed by atoms with Crippen molar-refractivity contribution >= 4 is 0 Å². The van der Waals surface area contributed by atoms with Gasteiger partial charge in [0.2, 0.25) is 0 Å². The molecule has 46 heavy (non-hydrogen) atoms. The first-order valence-corrected chi connectivity index (χ1v) is 16.3. The zero-order valence-corrected chi connectivity index (χ0v) is 29.7. The Hall–Kier alpha value is -2.58. The van der Waals surface area contributed by atoms with Crippen LogP contribution in [0, 0.1) is 10.8 Å². The number of hydrogen-bond donors (Lipinski definition) is 6. The molecule has 0 aromatic rings. The van der Waals surface area contributed by atoms with E-state index in [1.165, 1.54) is 0 Å². The van der Waals surface area contributed by atoms with E-state index in [1.54, 1.807) is 26.0 Å². The topological polar surface area (TPSA) is 121 Å². The average Bonchev–Trinajstić information content (AvgIpc) is 2.89. The molecule has 2 fully saturated rings. The fraction of sp³-hybridized carbons (Fsp3) is 0.550. The summed E-state index contributed by atoms with van der Waals surface area (Å²) in [5.41, 5.74) is -3.18. The molecule has 6 N–H and O–H groups in total. The van der Waals surface area contributed by atoms with E-state index >= 15 is 0 Å². The van der Waals surface area contributed by atoms with Crippen LogP contribution >= 0.6 is 0 Å². The van der Waals surface area contributed by atoms with Crippen LogP contribution in [0.25, 0.3) is 0 Å². The smallest absolute Gasteiger partial charge is 0.117 e. The minimum absolute atomic E-state index is 0.126. The Labute approximate surface area is 278 Å². The van der Waals surface area contributed by atoms with E-state index < -0.39 is 45.4 Å². The molecule has 6 heteroatoms. The summed E-state index contributed by atoms with van der Waals surface area (Å²) in [6.45, 7) is 18.5. The van der Waals surface area contributed by atoms with Gasteiger partial charge in [0.25, 0.3) is 0 Å². The fourth-order valence-corrected chi connectivity index (χ4v) is 6.98. The summed E-state index contributed by atoms with van der Waals surface area (Å²) < 4.78 is 0. The van der Waals surface area contributed by atoms with Crippen molar-refractivity contribution in [2.45, 2.75) is 130 Å². The molecular weight excluding hydrogens is 576 g/mol. The molecule has 0 saturated heterocycles. The molecule has 6 nitrogen and oxygen atoms in total. The number of allylic oxidation sites excluding steroid dienone is 16. The lowest BCUT2D eigenvalue weighted by molar-refractivity contribution is -0.217. The van der Waals surface area contributed by atoms with Gasteiger partial charge in [-0.1, -0.05) is 123 Å². The van der Waals surface area contributed by atoms with Gasteiger partial charge >= 0.3 is 0 Å². The van der Waals surface area contributed by atoms with Crippen LogP contribution in [0.4, 0.5) is 0 Å². The Balaban J connectivity index is 1.97. The molecule has 6 atom stereocenters. The summed E-state index contributed by atoms with van der Waals surface area (Å²) in [4.78, 5) is 0. The average molecular weight is 637 g/mol. The maximum absolute atomic E-state index is 11.4. The van der Waals surface area contributed by atoms with Gasteiger partial charge in [0.15, 0.2) is 0 Å². The van der Waals surface area contributed by atoms with Crippen molar-refractivity contribution in [2.75, 3.05) is 0 Å². The minimum Gasteiger partial charge on any atom is -0.393 e. The SMILES string of the molecule is CC(=C/C=C/C(C)=C/C=C\C=C(C)\C=C\C=C(C)\C=C\C1(O)C(C)(C)CC(O)CC1(C)O)/C=C/C1(O)C(C)(C)CC(O)CC1(C)O. The first-order valence-electron chi connectivity index (χ1n) is 16.3. The molecule has 256 valence electrons. The van der Waals surface area contributed by atoms with Crippen molar-refractivity contribution in [3.05, 3.63) is 107 Å². The largest absolute Gasteiger partial charge is 0.393 e. The van der Waals surface area contributed by atoms with Crippen molar-refractivity contribution in [3.8, 4) is 0 Å². The highest BCUT2D eigenvalue weighted by atomic mass is 16.4. The van der Waals surface area contributed by atoms with Gasteiger partial charge in [-0.3, -0.25) is 0 Å². The Morgan fingerprint density at radius 2 is 0.739 bits per heavy atom. The van der Waals surface area contributed by atoms with Crippen molar-refractivity contribution in [1.82, 2.24) is 0 Å². The van der Waals surface area contributed by atoms with Gasteiger partial charge in [0, 0.05) is 23.7 Å². The predicted octanol–water partition coefficient (Wildman–Crippen LogP) is 6.88. The second-order valence-electron chi connectivity index (χ2n) is 15.4. The fourth-order valence-electron chi connectivity index (χ4n) is 6.98. The molecular formula is C40H60O6. The van der Waals surface area contributed by atoms with Crippen molar-refractivity contribution < 1.29 is 30.6 Å². The number of aliphatic hydroxyl groups excluding tert-OH is 2. The highest BCUT2D eigenvalue weighted by Crippen LogP contribution is 2.51. The first-order chi connectivity index (χ1) is 21.0. The summed E-state index contributed by atoms with van der Waals surface area (Å²) in [6, 6.07) is 0. The van der Waals surface area contributed by atoms with E-state index in [2.05, 4.69) is 0 Å². The van der Waals surface area contributed by atoms with Crippen LogP contribution in [0.2, 0.25) is 0 Å². The van der Waals surface area contributed by atoms with Gasteiger partial charge in [0.1, 0.15) is 11.2 Å². The molecule has 0 aromatic heterocycles. The molecule has 0 aromatic carbocycles. The van der Waals surface area contributed by atoms with Gasteiger partial charge in [0.05, 0.1) is 23.4 Å². The van der Waals surface area contributed by atoms with Gasteiger partial charge in [-0.2, -0.15) is 0 Å². The molecule has 2 aliphatic carbocycles. The third-order valence-electron chi connectivity index (χ3n) is 9.90. The van der Waals surface area contributed by atoms with Crippen LogP contribution in [0.15, 0.2) is 107 Å². The highest BCUT2D eigenvalue weighted by Gasteiger charge is 2.59. The molecule has 0 amide bonds. The second-order valence-corrected chi connectivity index (χ2v) is 15.4. The van der Waals surface area contributed by atoms with Gasteiger partial charge in [-0.25, -0.2) is 0 Å². The first kappa shape index (κ1) is 39.6. The van der Waals surface area contributed by atoms with Crippen LogP contribution in [0.5, 0.6) is 0 Å². The quantitative estimate of drug-likeness (QED) is 0.146. The van der Waals surface area contributed by atoms with E-state index in [-0.39, 0.29) is 12.8 Å². The standard InChI is InChI=1S/C40H60O6/c1-29(17-13-19-31(3)21-23-39(45)35(5,6)25-33(41)27-37(39,9)43)15-11-12-16-30(2)18-14-20-32(4)22-24-40(46)36(7,8)26-34(42)28-38(40,10)44/h11-24,33-34,41-46H,25-28H2,1-10H3/b12-11-,17-13+,18-14+,23-21+,24-22+,29-15+,30-16+,31-19-,32-20+. The van der Waals surface area contributed by atoms with Crippen LogP contribution in [-0.2, 0) is 0 Å². The molecule has 2 rings (SSSR count). The molecule has 0 heterocycles. The zero-order valence-electron chi connectivity index (χ0n) is 29.7. The maximum Gasteiger partial charge on any atom is 0.117 e. The Morgan fingerprint density at radius 1 is 0.457 bits per heavy atom. The Bertz CT molecular complexity index is 1200. The molecule has 0 spiro atoms. The summed E-state index contributed by atoms with van der Waals surface area (Å²) >= 11 is 0. The van der Waals surface area contributed by atoms with E-state index in [0.717, 1.165) is 22.3 Å². The van der Waals surface area contributed by atoms with Crippen LogP contribution in [-0.4, -0.2) is 65.3 Å². The van der Waals surface area contributed by atoms with E-state index in [1.807, 2.05) is 128 Å². The molecule has 0 bridgehead atoms. The zero-order chi connectivity index (χ0) is 35.2.